The largest absolute Gasteiger partial charge is 0.433 e. The van der Waals surface area contributed by atoms with Crippen molar-refractivity contribution in [2.75, 3.05) is 0 Å². The van der Waals surface area contributed by atoms with Gasteiger partial charge in [-0.1, -0.05) is 13.2 Å². The number of ether oxygens (including phenoxy) is 2. The van der Waals surface area contributed by atoms with E-state index in [0.717, 1.165) is 12.2 Å². The summed E-state index contributed by atoms with van der Waals surface area (Å²) in [7, 11) is 0. The normalized spacial score (nSPS) is 13.2. The molecule has 0 aliphatic carbocycles. The highest BCUT2D eigenvalue weighted by atomic mass is 16.6. The van der Waals surface area contributed by atoms with E-state index in [1.54, 1.807) is 0 Å². The van der Waals surface area contributed by atoms with E-state index in [9.17, 15) is 19.8 Å². The van der Waals surface area contributed by atoms with Gasteiger partial charge in [-0.2, -0.15) is 0 Å². The molecule has 6 nitrogen and oxygen atoms in total. The molecular formula is C12H18O6. The molecule has 0 aliphatic rings. The number of carbonyl (C=O) groups excluding carboxylic acids is 2. The highest BCUT2D eigenvalue weighted by Crippen LogP contribution is 2.08. The number of carbonyl (C=O) groups is 2. The van der Waals surface area contributed by atoms with Crippen molar-refractivity contribution in [3.63, 3.8) is 0 Å². The average Bonchev–Trinajstić information content (AvgIpc) is 2.34. The lowest BCUT2D eigenvalue weighted by Crippen LogP contribution is -2.17. The Morgan fingerprint density at radius 3 is 1.56 bits per heavy atom. The van der Waals surface area contributed by atoms with Crippen LogP contribution in [-0.2, 0) is 19.1 Å². The minimum Gasteiger partial charge on any atom is -0.433 e. The monoisotopic (exact) mass is 258 g/mol. The van der Waals surface area contributed by atoms with Gasteiger partial charge in [0.05, 0.1) is 0 Å². The van der Waals surface area contributed by atoms with Crippen LogP contribution in [0.25, 0.3) is 0 Å². The molecule has 0 amide bonds. The molecule has 0 rings (SSSR count). The molecule has 0 aliphatic heterocycles. The molecule has 102 valence electrons. The number of esters is 2. The first kappa shape index (κ1) is 16.3. The molecule has 0 aromatic rings. The van der Waals surface area contributed by atoms with E-state index in [1.165, 1.54) is 0 Å². The second kappa shape index (κ2) is 9.38. The predicted molar refractivity (Wildman–Crippen MR) is 63.1 cm³/mol. The van der Waals surface area contributed by atoms with Crippen LogP contribution in [0.5, 0.6) is 0 Å². The Kier molecular flexibility index (Phi) is 8.51. The lowest BCUT2D eigenvalue weighted by Gasteiger charge is -2.12. The summed E-state index contributed by atoms with van der Waals surface area (Å²) >= 11 is 0. The fraction of sp³-hybridized carbons (Fsp3) is 0.500. The molecule has 2 unspecified atom stereocenters. The Morgan fingerprint density at radius 1 is 0.944 bits per heavy atom. The fourth-order valence-corrected chi connectivity index (χ4v) is 1.12. The Labute approximate surface area is 106 Å². The molecule has 6 heteroatoms. The number of unbranched alkanes of at least 4 members (excludes halogenated alkanes) is 1. The zero-order valence-electron chi connectivity index (χ0n) is 10.1. The number of hydrogen-bond donors (Lipinski definition) is 2. The molecule has 0 heterocycles. The maximum atomic E-state index is 10.7. The van der Waals surface area contributed by atoms with Gasteiger partial charge < -0.3 is 19.7 Å². The Balaban J connectivity index is 3.60. The molecule has 0 aromatic heterocycles. The van der Waals surface area contributed by atoms with E-state index in [4.69, 9.17) is 0 Å². The maximum Gasteiger partial charge on any atom is 0.332 e. The molecule has 0 bridgehead atoms. The smallest absolute Gasteiger partial charge is 0.332 e. The second-order valence-corrected chi connectivity index (χ2v) is 3.48. The first-order valence-electron chi connectivity index (χ1n) is 5.51. The first-order chi connectivity index (χ1) is 8.49. The Hall–Kier alpha value is -1.66. The zero-order chi connectivity index (χ0) is 14.0. The SMILES string of the molecule is C=CC(=O)OC(O)CCCCC(O)OC(=O)C=C. The van der Waals surface area contributed by atoms with E-state index in [-0.39, 0.29) is 12.8 Å². The van der Waals surface area contributed by atoms with Gasteiger partial charge in [-0.25, -0.2) is 9.59 Å². The second-order valence-electron chi connectivity index (χ2n) is 3.48. The number of rotatable bonds is 9. The van der Waals surface area contributed by atoms with Crippen LogP contribution in [0.15, 0.2) is 25.3 Å². The van der Waals surface area contributed by atoms with Gasteiger partial charge in [-0.15, -0.1) is 0 Å². The summed E-state index contributed by atoms with van der Waals surface area (Å²) in [5.41, 5.74) is 0. The molecule has 18 heavy (non-hydrogen) atoms. The molecule has 0 fully saturated rings. The number of aliphatic hydroxyl groups excluding tert-OH is 2. The van der Waals surface area contributed by atoms with Gasteiger partial charge in [0.2, 0.25) is 12.6 Å². The third-order valence-electron chi connectivity index (χ3n) is 1.99. The molecule has 0 saturated heterocycles. The van der Waals surface area contributed by atoms with Crippen molar-refractivity contribution < 1.29 is 29.3 Å². The minimum absolute atomic E-state index is 0.238. The molecule has 2 N–H and O–H groups in total. The van der Waals surface area contributed by atoms with Crippen LogP contribution in [0.2, 0.25) is 0 Å². The van der Waals surface area contributed by atoms with E-state index in [2.05, 4.69) is 22.6 Å². The van der Waals surface area contributed by atoms with Crippen molar-refractivity contribution in [2.45, 2.75) is 38.3 Å². The van der Waals surface area contributed by atoms with Crippen LogP contribution in [0.3, 0.4) is 0 Å². The molecule has 0 saturated carbocycles. The molecule has 0 aromatic carbocycles. The highest BCUT2D eigenvalue weighted by Gasteiger charge is 2.10. The van der Waals surface area contributed by atoms with Crippen molar-refractivity contribution in [1.82, 2.24) is 0 Å². The molecule has 0 radical (unpaired) electrons. The molecular weight excluding hydrogens is 240 g/mol. The topological polar surface area (TPSA) is 93.1 Å². The lowest BCUT2D eigenvalue weighted by molar-refractivity contribution is -0.165. The standard InChI is InChI=1S/C12H18O6/c1-3-9(13)17-11(15)7-5-6-8-12(16)18-10(14)4-2/h3-4,11-12,15-16H,1-2,5-8H2. The van der Waals surface area contributed by atoms with Gasteiger partial charge in [-0.3, -0.25) is 0 Å². The third kappa shape index (κ3) is 8.49. The quantitative estimate of drug-likeness (QED) is 0.273. The van der Waals surface area contributed by atoms with Crippen molar-refractivity contribution in [2.24, 2.45) is 0 Å². The van der Waals surface area contributed by atoms with Crippen LogP contribution in [0.4, 0.5) is 0 Å². The van der Waals surface area contributed by atoms with Crippen molar-refractivity contribution >= 4 is 11.9 Å². The van der Waals surface area contributed by atoms with Gasteiger partial charge in [-0.05, 0) is 12.8 Å². The Morgan fingerprint density at radius 2 is 1.28 bits per heavy atom. The van der Waals surface area contributed by atoms with Crippen LogP contribution >= 0.6 is 0 Å². The fourth-order valence-electron chi connectivity index (χ4n) is 1.12. The van der Waals surface area contributed by atoms with Crippen LogP contribution in [0, 0.1) is 0 Å². The zero-order valence-corrected chi connectivity index (χ0v) is 10.1. The minimum atomic E-state index is -1.19. The van der Waals surface area contributed by atoms with Crippen LogP contribution < -0.4 is 0 Å². The summed E-state index contributed by atoms with van der Waals surface area (Å²) in [6.07, 6.45) is 1.03. The van der Waals surface area contributed by atoms with Gasteiger partial charge in [0.1, 0.15) is 0 Å². The van der Waals surface area contributed by atoms with Crippen LogP contribution in [-0.4, -0.2) is 34.7 Å². The number of aliphatic hydroxyl groups is 2. The highest BCUT2D eigenvalue weighted by molar-refractivity contribution is 5.81. The van der Waals surface area contributed by atoms with Gasteiger partial charge in [0.25, 0.3) is 0 Å². The summed E-state index contributed by atoms with van der Waals surface area (Å²) in [4.78, 5) is 21.4. The van der Waals surface area contributed by atoms with E-state index < -0.39 is 24.5 Å². The maximum absolute atomic E-state index is 10.7. The van der Waals surface area contributed by atoms with Crippen molar-refractivity contribution in [3.8, 4) is 0 Å². The first-order valence-corrected chi connectivity index (χ1v) is 5.51. The summed E-state index contributed by atoms with van der Waals surface area (Å²) in [6.45, 7) is 6.39. The van der Waals surface area contributed by atoms with Crippen molar-refractivity contribution in [1.29, 1.82) is 0 Å². The van der Waals surface area contributed by atoms with Gasteiger partial charge in [0.15, 0.2) is 0 Å². The molecule has 2 atom stereocenters. The van der Waals surface area contributed by atoms with Crippen LogP contribution in [0.1, 0.15) is 25.7 Å². The summed E-state index contributed by atoms with van der Waals surface area (Å²) in [6, 6.07) is 0. The molecule has 0 spiro atoms. The Bertz CT molecular complexity index is 269. The van der Waals surface area contributed by atoms with E-state index >= 15 is 0 Å². The summed E-state index contributed by atoms with van der Waals surface area (Å²) in [5.74, 6) is -1.38. The summed E-state index contributed by atoms with van der Waals surface area (Å²) < 4.78 is 9.05. The summed E-state index contributed by atoms with van der Waals surface area (Å²) in [5, 5.41) is 18.5. The van der Waals surface area contributed by atoms with E-state index in [1.807, 2.05) is 0 Å². The van der Waals surface area contributed by atoms with Gasteiger partial charge >= 0.3 is 11.9 Å². The third-order valence-corrected chi connectivity index (χ3v) is 1.99. The lowest BCUT2D eigenvalue weighted by atomic mass is 10.2. The van der Waals surface area contributed by atoms with E-state index in [0.29, 0.717) is 12.8 Å². The van der Waals surface area contributed by atoms with Crippen molar-refractivity contribution in [3.05, 3.63) is 25.3 Å². The van der Waals surface area contributed by atoms with Gasteiger partial charge in [0, 0.05) is 25.0 Å². The average molecular weight is 258 g/mol. The number of hydrogen-bond acceptors (Lipinski definition) is 6. The predicted octanol–water partition coefficient (Wildman–Crippen LogP) is 0.642.